The Hall–Kier alpha value is -1.27. The molecule has 118 valence electrons. The fourth-order valence-corrected chi connectivity index (χ4v) is 2.53. The largest absolute Gasteiger partial charge is 0.417 e. The molecule has 0 saturated carbocycles. The van der Waals surface area contributed by atoms with Crippen LogP contribution >= 0.6 is 12.4 Å². The van der Waals surface area contributed by atoms with Crippen LogP contribution in [0.2, 0.25) is 0 Å². The van der Waals surface area contributed by atoms with Crippen molar-refractivity contribution in [3.8, 4) is 0 Å². The lowest BCUT2D eigenvalue weighted by molar-refractivity contribution is -0.138. The van der Waals surface area contributed by atoms with E-state index in [1.54, 1.807) is 0 Å². The highest BCUT2D eigenvalue weighted by Gasteiger charge is 2.36. The number of likely N-dealkylation sites (tertiary alicyclic amines) is 1. The molecule has 0 aliphatic carbocycles. The highest BCUT2D eigenvalue weighted by atomic mass is 35.5. The third-order valence-corrected chi connectivity index (χ3v) is 3.60. The van der Waals surface area contributed by atoms with Crippen LogP contribution in [-0.4, -0.2) is 30.4 Å². The third-order valence-electron chi connectivity index (χ3n) is 3.60. The van der Waals surface area contributed by atoms with Crippen LogP contribution in [0, 0.1) is 5.92 Å². The number of nitrogens with zero attached hydrogens (tertiary/aromatic N) is 1. The van der Waals surface area contributed by atoms with Crippen molar-refractivity contribution in [2.45, 2.75) is 19.0 Å². The van der Waals surface area contributed by atoms with Gasteiger partial charge >= 0.3 is 6.18 Å². The Balaban J connectivity index is 0.00000220. The standard InChI is InChI=1S/C14H17F3N2O.ClH/c15-14(16,17)12-6-2-1-5-11(12)13(20)19-7-3-4-10(8-18)9-19;/h1-2,5-6,10H,3-4,7-9,18H2;1H. The Morgan fingerprint density at radius 3 is 2.62 bits per heavy atom. The zero-order chi connectivity index (χ0) is 14.8. The number of amides is 1. The van der Waals surface area contributed by atoms with Crippen molar-refractivity contribution >= 4 is 18.3 Å². The maximum Gasteiger partial charge on any atom is 0.417 e. The van der Waals surface area contributed by atoms with E-state index in [9.17, 15) is 18.0 Å². The van der Waals surface area contributed by atoms with E-state index >= 15 is 0 Å². The summed E-state index contributed by atoms with van der Waals surface area (Å²) >= 11 is 0. The summed E-state index contributed by atoms with van der Waals surface area (Å²) in [6.45, 7) is 1.37. The average Bonchev–Trinajstić information content (AvgIpc) is 2.45. The number of benzene rings is 1. The van der Waals surface area contributed by atoms with Gasteiger partial charge in [-0.2, -0.15) is 13.2 Å². The molecule has 2 rings (SSSR count). The minimum atomic E-state index is -4.52. The molecule has 3 nitrogen and oxygen atoms in total. The molecule has 2 N–H and O–H groups in total. The lowest BCUT2D eigenvalue weighted by Gasteiger charge is -2.32. The number of halogens is 4. The van der Waals surface area contributed by atoms with E-state index < -0.39 is 17.6 Å². The van der Waals surface area contributed by atoms with E-state index in [-0.39, 0.29) is 23.9 Å². The van der Waals surface area contributed by atoms with Gasteiger partial charge in [0.05, 0.1) is 11.1 Å². The number of piperidine rings is 1. The van der Waals surface area contributed by atoms with Gasteiger partial charge in [-0.15, -0.1) is 12.4 Å². The summed E-state index contributed by atoms with van der Waals surface area (Å²) in [5.41, 5.74) is 4.43. The van der Waals surface area contributed by atoms with E-state index in [1.807, 2.05) is 0 Å². The van der Waals surface area contributed by atoms with Crippen LogP contribution in [0.3, 0.4) is 0 Å². The number of nitrogens with two attached hydrogens (primary N) is 1. The minimum absolute atomic E-state index is 0. The van der Waals surface area contributed by atoms with E-state index in [0.717, 1.165) is 18.9 Å². The topological polar surface area (TPSA) is 46.3 Å². The molecule has 1 aromatic carbocycles. The van der Waals surface area contributed by atoms with Gasteiger partial charge in [-0.25, -0.2) is 0 Å². The van der Waals surface area contributed by atoms with Crippen molar-refractivity contribution in [2.24, 2.45) is 11.7 Å². The van der Waals surface area contributed by atoms with Gasteiger partial charge in [-0.3, -0.25) is 4.79 Å². The maximum atomic E-state index is 12.9. The first-order valence-electron chi connectivity index (χ1n) is 6.59. The molecule has 1 heterocycles. The summed E-state index contributed by atoms with van der Waals surface area (Å²) in [6, 6.07) is 4.92. The van der Waals surface area contributed by atoms with Gasteiger partial charge in [0.15, 0.2) is 0 Å². The van der Waals surface area contributed by atoms with Crippen LogP contribution in [0.25, 0.3) is 0 Å². The molecule has 1 unspecified atom stereocenters. The minimum Gasteiger partial charge on any atom is -0.338 e. The van der Waals surface area contributed by atoms with E-state index in [1.165, 1.54) is 23.1 Å². The van der Waals surface area contributed by atoms with Crippen molar-refractivity contribution in [3.63, 3.8) is 0 Å². The second-order valence-corrected chi connectivity index (χ2v) is 5.04. The Morgan fingerprint density at radius 1 is 1.33 bits per heavy atom. The average molecular weight is 323 g/mol. The van der Waals surface area contributed by atoms with Crippen LogP contribution in [-0.2, 0) is 6.18 Å². The number of carbonyl (C=O) groups is 1. The SMILES string of the molecule is Cl.NCC1CCCN(C(=O)c2ccccc2C(F)(F)F)C1. The number of hydrogen-bond acceptors (Lipinski definition) is 2. The molecule has 1 amide bonds. The van der Waals surface area contributed by atoms with Gasteiger partial charge < -0.3 is 10.6 Å². The molecular formula is C14H18ClF3N2O. The van der Waals surface area contributed by atoms with Crippen molar-refractivity contribution in [1.82, 2.24) is 4.90 Å². The summed E-state index contributed by atoms with van der Waals surface area (Å²) in [4.78, 5) is 13.8. The predicted molar refractivity (Wildman–Crippen MR) is 76.4 cm³/mol. The zero-order valence-electron chi connectivity index (χ0n) is 11.4. The fourth-order valence-electron chi connectivity index (χ4n) is 2.53. The van der Waals surface area contributed by atoms with Gasteiger partial charge in [0.2, 0.25) is 0 Å². The molecule has 1 aliphatic rings. The summed E-state index contributed by atoms with van der Waals surface area (Å²) in [6.07, 6.45) is -2.82. The number of alkyl halides is 3. The lowest BCUT2D eigenvalue weighted by atomic mass is 9.97. The number of carbonyl (C=O) groups excluding carboxylic acids is 1. The Kier molecular flexibility index (Phi) is 6.04. The highest BCUT2D eigenvalue weighted by molar-refractivity contribution is 5.96. The molecule has 1 saturated heterocycles. The van der Waals surface area contributed by atoms with Crippen molar-refractivity contribution < 1.29 is 18.0 Å². The van der Waals surface area contributed by atoms with Crippen LogP contribution in [0.5, 0.6) is 0 Å². The molecule has 0 aromatic heterocycles. The Labute approximate surface area is 127 Å². The molecule has 0 bridgehead atoms. The van der Waals surface area contributed by atoms with Crippen LogP contribution in [0.15, 0.2) is 24.3 Å². The molecule has 7 heteroatoms. The van der Waals surface area contributed by atoms with E-state index in [4.69, 9.17) is 5.73 Å². The van der Waals surface area contributed by atoms with Crippen LogP contribution < -0.4 is 5.73 Å². The fraction of sp³-hybridized carbons (Fsp3) is 0.500. The van der Waals surface area contributed by atoms with Gasteiger partial charge in [0.25, 0.3) is 5.91 Å². The summed E-state index contributed by atoms with van der Waals surface area (Å²) in [7, 11) is 0. The first kappa shape index (κ1) is 17.8. The highest BCUT2D eigenvalue weighted by Crippen LogP contribution is 2.32. The van der Waals surface area contributed by atoms with Crippen molar-refractivity contribution in [2.75, 3.05) is 19.6 Å². The van der Waals surface area contributed by atoms with Crippen molar-refractivity contribution in [1.29, 1.82) is 0 Å². The first-order valence-corrected chi connectivity index (χ1v) is 6.59. The summed E-state index contributed by atoms with van der Waals surface area (Å²) in [5.74, 6) is -0.387. The quantitative estimate of drug-likeness (QED) is 0.910. The molecule has 1 aliphatic heterocycles. The van der Waals surface area contributed by atoms with Gasteiger partial charge in [0, 0.05) is 13.1 Å². The second kappa shape index (κ2) is 7.13. The monoisotopic (exact) mass is 322 g/mol. The van der Waals surface area contributed by atoms with Crippen LogP contribution in [0.1, 0.15) is 28.8 Å². The predicted octanol–water partition coefficient (Wildman–Crippen LogP) is 2.94. The maximum absolute atomic E-state index is 12.9. The smallest absolute Gasteiger partial charge is 0.338 e. The lowest BCUT2D eigenvalue weighted by Crippen LogP contribution is -2.42. The molecule has 21 heavy (non-hydrogen) atoms. The van der Waals surface area contributed by atoms with Gasteiger partial charge in [-0.05, 0) is 37.4 Å². The van der Waals surface area contributed by atoms with Gasteiger partial charge in [0.1, 0.15) is 0 Å². The zero-order valence-corrected chi connectivity index (χ0v) is 12.2. The second-order valence-electron chi connectivity index (χ2n) is 5.04. The molecule has 0 spiro atoms. The number of rotatable bonds is 2. The normalized spacial score (nSPS) is 19.0. The first-order chi connectivity index (χ1) is 9.43. The summed E-state index contributed by atoms with van der Waals surface area (Å²) in [5, 5.41) is 0. The molecule has 1 atom stereocenters. The number of hydrogen-bond donors (Lipinski definition) is 1. The molecular weight excluding hydrogens is 305 g/mol. The molecule has 1 aromatic rings. The third kappa shape index (κ3) is 4.11. The van der Waals surface area contributed by atoms with Gasteiger partial charge in [-0.1, -0.05) is 12.1 Å². The van der Waals surface area contributed by atoms with Crippen LogP contribution in [0.4, 0.5) is 13.2 Å². The van der Waals surface area contributed by atoms with Crippen molar-refractivity contribution in [3.05, 3.63) is 35.4 Å². The van der Waals surface area contributed by atoms with E-state index in [2.05, 4.69) is 0 Å². The Bertz CT molecular complexity index is 493. The molecule has 1 fully saturated rings. The van der Waals surface area contributed by atoms with E-state index in [0.29, 0.717) is 19.6 Å². The Morgan fingerprint density at radius 2 is 2.00 bits per heavy atom. The molecule has 0 radical (unpaired) electrons. The summed E-state index contributed by atoms with van der Waals surface area (Å²) < 4.78 is 38.8.